The Morgan fingerprint density at radius 1 is 1.53 bits per heavy atom. The summed E-state index contributed by atoms with van der Waals surface area (Å²) in [6.45, 7) is 1.48. The lowest BCUT2D eigenvalue weighted by Gasteiger charge is -2.22. The highest BCUT2D eigenvalue weighted by Crippen LogP contribution is 2.24. The highest BCUT2D eigenvalue weighted by Gasteiger charge is 2.30. The predicted molar refractivity (Wildman–Crippen MR) is 64.1 cm³/mol. The zero-order chi connectivity index (χ0) is 12.3. The number of methoxy groups -OCH3 is 1. The van der Waals surface area contributed by atoms with Gasteiger partial charge in [-0.2, -0.15) is 0 Å². The van der Waals surface area contributed by atoms with Gasteiger partial charge in [-0.05, 0) is 25.5 Å². The normalized spacial score (nSPS) is 20.4. The molecule has 92 valence electrons. The molecule has 4 nitrogen and oxygen atoms in total. The number of carboxylic acid groups (broad SMARTS) is 1. The van der Waals surface area contributed by atoms with Crippen LogP contribution in [0.1, 0.15) is 18.4 Å². The maximum absolute atomic E-state index is 11.1. The van der Waals surface area contributed by atoms with Crippen LogP contribution in [-0.4, -0.2) is 35.7 Å². The van der Waals surface area contributed by atoms with Crippen molar-refractivity contribution in [1.29, 1.82) is 0 Å². The molecule has 0 bridgehead atoms. The van der Waals surface area contributed by atoms with Gasteiger partial charge in [0.05, 0.1) is 7.11 Å². The maximum Gasteiger partial charge on any atom is 0.320 e. The van der Waals surface area contributed by atoms with Crippen LogP contribution in [0.5, 0.6) is 5.75 Å². The van der Waals surface area contributed by atoms with Crippen LogP contribution in [0.2, 0.25) is 0 Å². The van der Waals surface area contributed by atoms with Crippen LogP contribution in [0.3, 0.4) is 0 Å². The minimum absolute atomic E-state index is 0.347. The molecule has 0 saturated carbocycles. The van der Waals surface area contributed by atoms with E-state index in [2.05, 4.69) is 0 Å². The van der Waals surface area contributed by atoms with E-state index >= 15 is 0 Å². The van der Waals surface area contributed by atoms with Gasteiger partial charge in [0, 0.05) is 12.1 Å². The first-order valence-corrected chi connectivity index (χ1v) is 5.81. The maximum atomic E-state index is 11.1. The number of para-hydroxylation sites is 1. The molecule has 0 amide bonds. The van der Waals surface area contributed by atoms with Gasteiger partial charge in [0.25, 0.3) is 0 Å². The molecule has 1 aromatic carbocycles. The lowest BCUT2D eigenvalue weighted by Crippen LogP contribution is -2.35. The summed E-state index contributed by atoms with van der Waals surface area (Å²) in [6, 6.07) is 7.40. The number of aliphatic carboxylic acids is 1. The molecule has 1 N–H and O–H groups in total. The van der Waals surface area contributed by atoms with Crippen molar-refractivity contribution < 1.29 is 14.6 Å². The summed E-state index contributed by atoms with van der Waals surface area (Å²) in [4.78, 5) is 13.1. The van der Waals surface area contributed by atoms with Crippen molar-refractivity contribution in [3.05, 3.63) is 29.8 Å². The molecular formula is C13H17NO3. The summed E-state index contributed by atoms with van der Waals surface area (Å²) in [7, 11) is 1.64. The second-order valence-corrected chi connectivity index (χ2v) is 4.28. The number of hydrogen-bond acceptors (Lipinski definition) is 3. The molecule has 4 heteroatoms. The summed E-state index contributed by atoms with van der Waals surface area (Å²) in [5.41, 5.74) is 1.04. The van der Waals surface area contributed by atoms with Gasteiger partial charge in [-0.25, -0.2) is 0 Å². The molecule has 1 saturated heterocycles. The summed E-state index contributed by atoms with van der Waals surface area (Å²) >= 11 is 0. The molecule has 1 heterocycles. The zero-order valence-corrected chi connectivity index (χ0v) is 9.93. The Labute approximate surface area is 101 Å². The summed E-state index contributed by atoms with van der Waals surface area (Å²) < 4.78 is 5.28. The van der Waals surface area contributed by atoms with E-state index in [1.165, 1.54) is 0 Å². The first-order valence-electron chi connectivity index (χ1n) is 5.81. The minimum atomic E-state index is -0.725. The van der Waals surface area contributed by atoms with E-state index in [0.29, 0.717) is 6.54 Å². The van der Waals surface area contributed by atoms with E-state index < -0.39 is 5.97 Å². The van der Waals surface area contributed by atoms with Gasteiger partial charge in [-0.15, -0.1) is 0 Å². The highest BCUT2D eigenvalue weighted by atomic mass is 16.5. The lowest BCUT2D eigenvalue weighted by molar-refractivity contribution is -0.142. The second kappa shape index (κ2) is 5.19. The molecule has 1 unspecified atom stereocenters. The van der Waals surface area contributed by atoms with E-state index in [-0.39, 0.29) is 6.04 Å². The second-order valence-electron chi connectivity index (χ2n) is 4.28. The summed E-state index contributed by atoms with van der Waals surface area (Å²) in [5.74, 6) is 0.0981. The Morgan fingerprint density at radius 3 is 3.00 bits per heavy atom. The Balaban J connectivity index is 2.12. The molecular weight excluding hydrogens is 218 g/mol. The first-order chi connectivity index (χ1) is 8.22. The van der Waals surface area contributed by atoms with E-state index in [1.54, 1.807) is 7.11 Å². The number of hydrogen-bond donors (Lipinski definition) is 1. The number of carboxylic acids is 1. The third kappa shape index (κ3) is 2.58. The monoisotopic (exact) mass is 235 g/mol. The van der Waals surface area contributed by atoms with Crippen LogP contribution in [0.4, 0.5) is 0 Å². The van der Waals surface area contributed by atoms with Crippen molar-refractivity contribution in [2.24, 2.45) is 0 Å². The fraction of sp³-hybridized carbons (Fsp3) is 0.462. The van der Waals surface area contributed by atoms with Crippen molar-refractivity contribution in [2.45, 2.75) is 25.4 Å². The number of likely N-dealkylation sites (tertiary alicyclic amines) is 1. The van der Waals surface area contributed by atoms with Crippen LogP contribution in [0.15, 0.2) is 24.3 Å². The lowest BCUT2D eigenvalue weighted by atomic mass is 10.1. The number of rotatable bonds is 4. The van der Waals surface area contributed by atoms with Crippen molar-refractivity contribution in [2.75, 3.05) is 13.7 Å². The molecule has 1 fully saturated rings. The number of ether oxygens (including phenoxy) is 1. The van der Waals surface area contributed by atoms with Crippen LogP contribution in [-0.2, 0) is 11.3 Å². The SMILES string of the molecule is COc1ccccc1CN1CCCC1C(=O)O. The van der Waals surface area contributed by atoms with Gasteiger partial charge < -0.3 is 9.84 Å². The minimum Gasteiger partial charge on any atom is -0.496 e. The average Bonchev–Trinajstić information content (AvgIpc) is 2.78. The van der Waals surface area contributed by atoms with Gasteiger partial charge in [-0.3, -0.25) is 9.69 Å². The molecule has 0 radical (unpaired) electrons. The van der Waals surface area contributed by atoms with Crippen molar-refractivity contribution >= 4 is 5.97 Å². The summed E-state index contributed by atoms with van der Waals surface area (Å²) in [5, 5.41) is 9.12. The van der Waals surface area contributed by atoms with E-state index in [4.69, 9.17) is 9.84 Å². The molecule has 1 aromatic rings. The molecule has 0 spiro atoms. The first kappa shape index (κ1) is 11.9. The molecule has 0 aliphatic carbocycles. The van der Waals surface area contributed by atoms with Crippen molar-refractivity contribution in [3.63, 3.8) is 0 Å². The molecule has 1 aliphatic heterocycles. The van der Waals surface area contributed by atoms with Crippen LogP contribution in [0, 0.1) is 0 Å². The predicted octanol–water partition coefficient (Wildman–Crippen LogP) is 1.74. The highest BCUT2D eigenvalue weighted by molar-refractivity contribution is 5.73. The van der Waals surface area contributed by atoms with E-state index in [1.807, 2.05) is 29.2 Å². The number of carbonyl (C=O) groups is 1. The summed E-state index contributed by atoms with van der Waals surface area (Å²) in [6.07, 6.45) is 1.69. The Bertz CT molecular complexity index is 405. The molecule has 2 rings (SSSR count). The zero-order valence-electron chi connectivity index (χ0n) is 9.93. The number of benzene rings is 1. The van der Waals surface area contributed by atoms with Crippen molar-refractivity contribution in [3.8, 4) is 5.75 Å². The Hall–Kier alpha value is -1.55. The van der Waals surface area contributed by atoms with Crippen LogP contribution < -0.4 is 4.74 Å². The van der Waals surface area contributed by atoms with Crippen LogP contribution >= 0.6 is 0 Å². The van der Waals surface area contributed by atoms with Gasteiger partial charge in [0.2, 0.25) is 0 Å². The third-order valence-electron chi connectivity index (χ3n) is 3.21. The van der Waals surface area contributed by atoms with E-state index in [0.717, 1.165) is 30.7 Å². The van der Waals surface area contributed by atoms with Crippen LogP contribution in [0.25, 0.3) is 0 Å². The topological polar surface area (TPSA) is 49.8 Å². The quantitative estimate of drug-likeness (QED) is 0.863. The average molecular weight is 235 g/mol. The van der Waals surface area contributed by atoms with Gasteiger partial charge >= 0.3 is 5.97 Å². The molecule has 17 heavy (non-hydrogen) atoms. The smallest absolute Gasteiger partial charge is 0.320 e. The largest absolute Gasteiger partial charge is 0.496 e. The third-order valence-corrected chi connectivity index (χ3v) is 3.21. The fourth-order valence-corrected chi connectivity index (χ4v) is 2.35. The van der Waals surface area contributed by atoms with Gasteiger partial charge in [-0.1, -0.05) is 18.2 Å². The number of nitrogens with zero attached hydrogens (tertiary/aromatic N) is 1. The molecule has 1 aliphatic rings. The standard InChI is InChI=1S/C13H17NO3/c1-17-12-7-3-2-5-10(12)9-14-8-4-6-11(14)13(15)16/h2-3,5,7,11H,4,6,8-9H2,1H3,(H,15,16). The Kier molecular flexibility index (Phi) is 3.64. The van der Waals surface area contributed by atoms with E-state index in [9.17, 15) is 4.79 Å². The van der Waals surface area contributed by atoms with Gasteiger partial charge in [0.15, 0.2) is 0 Å². The van der Waals surface area contributed by atoms with Crippen molar-refractivity contribution in [1.82, 2.24) is 4.90 Å². The fourth-order valence-electron chi connectivity index (χ4n) is 2.35. The Morgan fingerprint density at radius 2 is 2.29 bits per heavy atom. The molecule has 0 aromatic heterocycles. The van der Waals surface area contributed by atoms with Gasteiger partial charge in [0.1, 0.15) is 11.8 Å². The molecule has 1 atom stereocenters.